The average Bonchev–Trinajstić information content (AvgIpc) is 3.35. The van der Waals surface area contributed by atoms with Gasteiger partial charge in [0.2, 0.25) is 0 Å². The van der Waals surface area contributed by atoms with E-state index < -0.39 is 17.7 Å². The highest BCUT2D eigenvalue weighted by Gasteiger charge is 2.29. The second-order valence-corrected chi connectivity index (χ2v) is 8.75. The fourth-order valence-corrected chi connectivity index (χ4v) is 3.73. The van der Waals surface area contributed by atoms with Crippen LogP contribution in [-0.4, -0.2) is 28.6 Å². The molecule has 0 unspecified atom stereocenters. The summed E-state index contributed by atoms with van der Waals surface area (Å²) < 4.78 is 5.35. The van der Waals surface area contributed by atoms with E-state index in [2.05, 4.69) is 20.9 Å². The van der Waals surface area contributed by atoms with Crippen LogP contribution in [0.4, 0.5) is 26.7 Å². The minimum absolute atomic E-state index is 0.290. The van der Waals surface area contributed by atoms with Gasteiger partial charge < -0.3 is 26.1 Å². The Balaban J connectivity index is 1.82. The van der Waals surface area contributed by atoms with E-state index in [1.807, 2.05) is 18.2 Å². The molecule has 0 saturated carbocycles. The number of hydrogen-bond acceptors (Lipinski definition) is 4. The molecular formula is C25H25N5O4. The summed E-state index contributed by atoms with van der Waals surface area (Å²) in [5.74, 6) is -0.290. The largest absolute Gasteiger partial charge is 0.444 e. The monoisotopic (exact) mass is 459 g/mol. The lowest BCUT2D eigenvalue weighted by Crippen LogP contribution is -2.27. The summed E-state index contributed by atoms with van der Waals surface area (Å²) >= 11 is 0. The molecule has 0 spiro atoms. The predicted molar refractivity (Wildman–Crippen MR) is 131 cm³/mol. The van der Waals surface area contributed by atoms with Gasteiger partial charge in [-0.25, -0.2) is 9.59 Å². The van der Waals surface area contributed by atoms with Gasteiger partial charge in [0.25, 0.3) is 5.91 Å². The van der Waals surface area contributed by atoms with Crippen LogP contribution in [0.5, 0.6) is 0 Å². The van der Waals surface area contributed by atoms with Crippen molar-refractivity contribution in [3.8, 4) is 0 Å². The normalized spacial score (nSPS) is 14.1. The van der Waals surface area contributed by atoms with Gasteiger partial charge in [-0.1, -0.05) is 12.1 Å². The SMILES string of the molecule is CC(C)(C)OC(=O)Nc1cccc(C(=C2C(=O)Nc3ccc(NC(N)=O)cc32)c2ccc[nH]2)c1. The van der Waals surface area contributed by atoms with Gasteiger partial charge in [0, 0.05) is 40.1 Å². The maximum atomic E-state index is 13.1. The molecule has 0 aliphatic carbocycles. The fourth-order valence-electron chi connectivity index (χ4n) is 3.73. The van der Waals surface area contributed by atoms with Gasteiger partial charge in [-0.2, -0.15) is 0 Å². The van der Waals surface area contributed by atoms with E-state index in [0.29, 0.717) is 45.0 Å². The number of ether oxygens (including phenoxy) is 1. The molecule has 1 aromatic heterocycles. The first-order valence-corrected chi connectivity index (χ1v) is 10.6. The molecule has 9 heteroatoms. The summed E-state index contributed by atoms with van der Waals surface area (Å²) in [5, 5.41) is 8.14. The summed E-state index contributed by atoms with van der Waals surface area (Å²) in [7, 11) is 0. The van der Waals surface area contributed by atoms with E-state index in [1.165, 1.54) is 0 Å². The molecule has 6 N–H and O–H groups in total. The number of anilines is 3. The van der Waals surface area contributed by atoms with Crippen LogP contribution in [0.25, 0.3) is 11.1 Å². The lowest BCUT2D eigenvalue weighted by atomic mass is 9.92. The molecule has 3 aromatic rings. The number of urea groups is 1. The number of carbonyl (C=O) groups is 3. The van der Waals surface area contributed by atoms with Crippen molar-refractivity contribution >= 4 is 46.2 Å². The Kier molecular flexibility index (Phi) is 5.85. The van der Waals surface area contributed by atoms with Crippen LogP contribution in [0.1, 0.15) is 37.6 Å². The number of carbonyl (C=O) groups excluding carboxylic acids is 3. The van der Waals surface area contributed by atoms with Crippen molar-refractivity contribution in [1.82, 2.24) is 4.98 Å². The second-order valence-electron chi connectivity index (χ2n) is 8.75. The number of rotatable bonds is 4. The Hall–Kier alpha value is -4.53. The fraction of sp³-hybridized carbons (Fsp3) is 0.160. The van der Waals surface area contributed by atoms with Crippen molar-refractivity contribution in [3.05, 3.63) is 77.6 Å². The Morgan fingerprint density at radius 2 is 1.74 bits per heavy atom. The molecule has 0 bridgehead atoms. The molecule has 0 atom stereocenters. The summed E-state index contributed by atoms with van der Waals surface area (Å²) in [6, 6.07) is 15.2. The van der Waals surface area contributed by atoms with Gasteiger partial charge in [-0.05, 0) is 68.8 Å². The van der Waals surface area contributed by atoms with Crippen LogP contribution < -0.4 is 21.7 Å². The van der Waals surface area contributed by atoms with Gasteiger partial charge in [0.1, 0.15) is 5.60 Å². The Labute approximate surface area is 196 Å². The number of hydrogen-bond donors (Lipinski definition) is 5. The first kappa shape index (κ1) is 22.7. The van der Waals surface area contributed by atoms with Crippen molar-refractivity contribution in [2.24, 2.45) is 5.73 Å². The molecule has 4 amide bonds. The predicted octanol–water partition coefficient (Wildman–Crippen LogP) is 4.76. The summed E-state index contributed by atoms with van der Waals surface area (Å²) in [5.41, 5.74) is 9.28. The van der Waals surface area contributed by atoms with E-state index in [1.54, 1.807) is 63.4 Å². The quantitative estimate of drug-likeness (QED) is 0.359. The maximum Gasteiger partial charge on any atom is 0.412 e. The zero-order chi connectivity index (χ0) is 24.5. The van der Waals surface area contributed by atoms with Crippen molar-refractivity contribution in [2.45, 2.75) is 26.4 Å². The van der Waals surface area contributed by atoms with Crippen LogP contribution >= 0.6 is 0 Å². The highest BCUT2D eigenvalue weighted by atomic mass is 16.6. The molecule has 9 nitrogen and oxygen atoms in total. The number of nitrogens with two attached hydrogens (primary N) is 1. The van der Waals surface area contributed by atoms with Gasteiger partial charge in [-0.3, -0.25) is 10.1 Å². The minimum Gasteiger partial charge on any atom is -0.444 e. The molecule has 1 aliphatic heterocycles. The van der Waals surface area contributed by atoms with Crippen LogP contribution in [0, 0.1) is 0 Å². The molecule has 2 aromatic carbocycles. The molecule has 0 saturated heterocycles. The molecule has 0 fully saturated rings. The molecule has 4 rings (SSSR count). The van der Waals surface area contributed by atoms with E-state index >= 15 is 0 Å². The van der Waals surface area contributed by atoms with E-state index in [0.717, 1.165) is 0 Å². The van der Waals surface area contributed by atoms with Crippen LogP contribution in [0.2, 0.25) is 0 Å². The summed E-state index contributed by atoms with van der Waals surface area (Å²) in [6.07, 6.45) is 1.18. The van der Waals surface area contributed by atoms with Gasteiger partial charge in [-0.15, -0.1) is 0 Å². The zero-order valence-corrected chi connectivity index (χ0v) is 19.0. The molecule has 0 radical (unpaired) electrons. The van der Waals surface area contributed by atoms with Gasteiger partial charge in [0.05, 0.1) is 5.57 Å². The summed E-state index contributed by atoms with van der Waals surface area (Å²) in [4.78, 5) is 39.9. The van der Waals surface area contributed by atoms with Gasteiger partial charge >= 0.3 is 12.1 Å². The molecule has 174 valence electrons. The number of H-pyrrole nitrogens is 1. The number of aromatic amines is 1. The van der Waals surface area contributed by atoms with E-state index in [-0.39, 0.29) is 5.91 Å². The number of amides is 4. The van der Waals surface area contributed by atoms with Crippen molar-refractivity contribution < 1.29 is 19.1 Å². The van der Waals surface area contributed by atoms with Crippen molar-refractivity contribution in [1.29, 1.82) is 0 Å². The Bertz CT molecular complexity index is 1300. The van der Waals surface area contributed by atoms with E-state index in [4.69, 9.17) is 10.5 Å². The van der Waals surface area contributed by atoms with Crippen LogP contribution in [0.15, 0.2) is 60.8 Å². The third-order valence-corrected chi connectivity index (χ3v) is 4.95. The first-order chi connectivity index (χ1) is 16.1. The minimum atomic E-state index is -0.701. The first-order valence-electron chi connectivity index (χ1n) is 10.6. The van der Waals surface area contributed by atoms with Crippen LogP contribution in [-0.2, 0) is 9.53 Å². The molecule has 2 heterocycles. The van der Waals surface area contributed by atoms with E-state index in [9.17, 15) is 14.4 Å². The number of benzene rings is 2. The lowest BCUT2D eigenvalue weighted by molar-refractivity contribution is -0.110. The van der Waals surface area contributed by atoms with Crippen LogP contribution in [0.3, 0.4) is 0 Å². The number of aromatic nitrogens is 1. The third kappa shape index (κ3) is 4.93. The summed E-state index contributed by atoms with van der Waals surface area (Å²) in [6.45, 7) is 5.36. The third-order valence-electron chi connectivity index (χ3n) is 4.95. The lowest BCUT2D eigenvalue weighted by Gasteiger charge is -2.20. The zero-order valence-electron chi connectivity index (χ0n) is 19.0. The number of fused-ring (bicyclic) bond motifs is 1. The standard InChI is InChI=1S/C25H25N5O4/c1-25(2,3)34-24(33)29-15-7-4-6-14(12-15)20(19-8-5-11-27-19)21-17-13-16(28-23(26)32)9-10-18(17)30-22(21)31/h4-13,27H,1-3H3,(H,29,33)(H,30,31)(H3,26,28,32). The highest BCUT2D eigenvalue weighted by molar-refractivity contribution is 6.38. The highest BCUT2D eigenvalue weighted by Crippen LogP contribution is 2.41. The maximum absolute atomic E-state index is 13.1. The topological polar surface area (TPSA) is 138 Å². The Morgan fingerprint density at radius 3 is 2.41 bits per heavy atom. The van der Waals surface area contributed by atoms with Crippen molar-refractivity contribution in [2.75, 3.05) is 16.0 Å². The number of nitrogens with one attached hydrogen (secondary N) is 4. The average molecular weight is 460 g/mol. The van der Waals surface area contributed by atoms with Crippen molar-refractivity contribution in [3.63, 3.8) is 0 Å². The second kappa shape index (κ2) is 8.78. The van der Waals surface area contributed by atoms with Gasteiger partial charge in [0.15, 0.2) is 0 Å². The molecule has 34 heavy (non-hydrogen) atoms. The number of primary amides is 1. The Morgan fingerprint density at radius 1 is 0.971 bits per heavy atom. The smallest absolute Gasteiger partial charge is 0.412 e. The molecular weight excluding hydrogens is 434 g/mol. The molecule has 1 aliphatic rings.